The Bertz CT molecular complexity index is 475. The van der Waals surface area contributed by atoms with Crippen molar-refractivity contribution in [3.63, 3.8) is 0 Å². The molecule has 9 nitrogen and oxygen atoms in total. The average molecular weight is 376 g/mol. The molecule has 0 amide bonds. The third kappa shape index (κ3) is 9.97. The fourth-order valence-electron chi connectivity index (χ4n) is 1.76. The number of carbonyl (C=O) groups is 4. The number of hydrogen-bond acceptors (Lipinski definition) is 9. The Kier molecular flexibility index (Phi) is 12.0. The van der Waals surface area contributed by atoms with Crippen molar-refractivity contribution >= 4 is 23.9 Å². The van der Waals surface area contributed by atoms with Crippen LogP contribution in [-0.2, 0) is 38.1 Å². The molecular formula is C17H28O9. The molecule has 0 aliphatic rings. The second-order valence-electron chi connectivity index (χ2n) is 5.69. The van der Waals surface area contributed by atoms with Crippen LogP contribution in [0.15, 0.2) is 0 Å². The Labute approximate surface area is 152 Å². The highest BCUT2D eigenvalue weighted by atomic mass is 16.6. The van der Waals surface area contributed by atoms with Crippen molar-refractivity contribution in [2.24, 2.45) is 0 Å². The van der Waals surface area contributed by atoms with E-state index in [0.717, 1.165) is 20.0 Å². The van der Waals surface area contributed by atoms with Crippen molar-refractivity contribution in [1.29, 1.82) is 0 Å². The Morgan fingerprint density at radius 3 is 1.81 bits per heavy atom. The molecule has 0 aromatic carbocycles. The van der Waals surface area contributed by atoms with Gasteiger partial charge in [0.05, 0.1) is 33.2 Å². The summed E-state index contributed by atoms with van der Waals surface area (Å²) in [5.74, 6) is -3.80. The number of aliphatic hydroxyl groups is 1. The molecule has 0 fully saturated rings. The van der Waals surface area contributed by atoms with Crippen LogP contribution in [0.4, 0.5) is 0 Å². The fourth-order valence-corrected chi connectivity index (χ4v) is 1.76. The van der Waals surface area contributed by atoms with E-state index in [1.165, 1.54) is 0 Å². The van der Waals surface area contributed by atoms with Crippen LogP contribution >= 0.6 is 0 Å². The highest BCUT2D eigenvalue weighted by molar-refractivity contribution is 5.90. The average Bonchev–Trinajstić information content (AvgIpc) is 2.59. The molecule has 0 saturated heterocycles. The maximum absolute atomic E-state index is 12.2. The third-order valence-corrected chi connectivity index (χ3v) is 3.32. The van der Waals surface area contributed by atoms with Crippen LogP contribution < -0.4 is 0 Å². The van der Waals surface area contributed by atoms with Gasteiger partial charge in [-0.1, -0.05) is 26.7 Å². The minimum absolute atomic E-state index is 0.0414. The van der Waals surface area contributed by atoms with E-state index in [0.29, 0.717) is 12.8 Å². The third-order valence-electron chi connectivity index (χ3n) is 3.32. The molecular weight excluding hydrogens is 348 g/mol. The zero-order valence-corrected chi connectivity index (χ0v) is 15.6. The first-order valence-electron chi connectivity index (χ1n) is 8.56. The van der Waals surface area contributed by atoms with E-state index in [-0.39, 0.29) is 13.2 Å². The van der Waals surface area contributed by atoms with E-state index in [9.17, 15) is 24.3 Å². The molecule has 0 bridgehead atoms. The lowest BCUT2D eigenvalue weighted by molar-refractivity contribution is -0.179. The summed E-state index contributed by atoms with van der Waals surface area (Å²) < 4.78 is 18.8. The van der Waals surface area contributed by atoms with E-state index in [1.54, 1.807) is 0 Å². The van der Waals surface area contributed by atoms with Gasteiger partial charge in [-0.3, -0.25) is 9.59 Å². The van der Waals surface area contributed by atoms with Gasteiger partial charge in [0, 0.05) is 0 Å². The number of hydrogen-bond donors (Lipinski definition) is 1. The Hall–Kier alpha value is -2.16. The van der Waals surface area contributed by atoms with Gasteiger partial charge in [-0.15, -0.1) is 0 Å². The summed E-state index contributed by atoms with van der Waals surface area (Å²) >= 11 is 0. The van der Waals surface area contributed by atoms with Crippen LogP contribution in [0.3, 0.4) is 0 Å². The second-order valence-corrected chi connectivity index (χ2v) is 5.69. The van der Waals surface area contributed by atoms with E-state index in [1.807, 2.05) is 13.8 Å². The lowest BCUT2D eigenvalue weighted by Gasteiger charge is -2.24. The first-order valence-corrected chi connectivity index (χ1v) is 8.56. The zero-order valence-electron chi connectivity index (χ0n) is 15.6. The summed E-state index contributed by atoms with van der Waals surface area (Å²) in [6, 6.07) is 0. The first kappa shape index (κ1) is 23.8. The van der Waals surface area contributed by atoms with Crippen LogP contribution in [-0.4, -0.2) is 61.5 Å². The van der Waals surface area contributed by atoms with Gasteiger partial charge in [0.15, 0.2) is 12.2 Å². The zero-order chi connectivity index (χ0) is 20.0. The number of esters is 4. The summed E-state index contributed by atoms with van der Waals surface area (Å²) in [6.07, 6.45) is 1.15. The van der Waals surface area contributed by atoms with Crippen molar-refractivity contribution in [2.45, 2.75) is 58.0 Å². The van der Waals surface area contributed by atoms with Gasteiger partial charge >= 0.3 is 23.9 Å². The van der Waals surface area contributed by atoms with Gasteiger partial charge in [0.25, 0.3) is 0 Å². The molecule has 0 spiro atoms. The molecule has 1 N–H and O–H groups in total. The summed E-state index contributed by atoms with van der Waals surface area (Å²) in [5.41, 5.74) is -2.43. The molecule has 1 unspecified atom stereocenters. The molecule has 0 aromatic heterocycles. The molecule has 1 atom stereocenters. The van der Waals surface area contributed by atoms with E-state index < -0.39 is 48.9 Å². The van der Waals surface area contributed by atoms with Crippen LogP contribution in [0, 0.1) is 0 Å². The second kappa shape index (κ2) is 13.1. The molecule has 0 rings (SSSR count). The molecule has 0 heterocycles. The van der Waals surface area contributed by atoms with E-state index >= 15 is 0 Å². The summed E-state index contributed by atoms with van der Waals surface area (Å²) in [6.45, 7) is 3.31. The molecule has 0 aliphatic heterocycles. The smallest absolute Gasteiger partial charge is 0.344 e. The topological polar surface area (TPSA) is 125 Å². The lowest BCUT2D eigenvalue weighted by atomic mass is 9.95. The van der Waals surface area contributed by atoms with Crippen LogP contribution in [0.25, 0.3) is 0 Å². The van der Waals surface area contributed by atoms with Crippen molar-refractivity contribution in [1.82, 2.24) is 0 Å². The number of rotatable bonds is 13. The van der Waals surface area contributed by atoms with Crippen LogP contribution in [0.2, 0.25) is 0 Å². The van der Waals surface area contributed by atoms with Gasteiger partial charge in [0.2, 0.25) is 0 Å². The molecule has 26 heavy (non-hydrogen) atoms. The van der Waals surface area contributed by atoms with Gasteiger partial charge in [-0.05, 0) is 12.8 Å². The molecule has 0 aromatic rings. The minimum Gasteiger partial charge on any atom is -0.466 e. The van der Waals surface area contributed by atoms with Gasteiger partial charge in [-0.2, -0.15) is 0 Å². The number of unbranched alkanes of at least 4 members (excludes halogenated alkanes) is 2. The Balaban J connectivity index is 4.90. The van der Waals surface area contributed by atoms with Gasteiger partial charge < -0.3 is 24.1 Å². The standard InChI is InChI=1S/C17H28O9/c1-4-6-8-24-13(18)10-17(22,16(21)25-9-7-5-2)11-14(19)26-12-15(20)23-3/h22H,4-12H2,1-3H3. The monoisotopic (exact) mass is 376 g/mol. The van der Waals surface area contributed by atoms with Crippen LogP contribution in [0.1, 0.15) is 52.4 Å². The van der Waals surface area contributed by atoms with Crippen LogP contribution in [0.5, 0.6) is 0 Å². The highest BCUT2D eigenvalue weighted by Gasteiger charge is 2.43. The Morgan fingerprint density at radius 2 is 1.31 bits per heavy atom. The lowest BCUT2D eigenvalue weighted by Crippen LogP contribution is -2.45. The molecule has 150 valence electrons. The number of carbonyl (C=O) groups excluding carboxylic acids is 4. The fraction of sp³-hybridized carbons (Fsp3) is 0.765. The SMILES string of the molecule is CCCCOC(=O)CC(O)(CC(=O)OCC(=O)OC)C(=O)OCCCC. The van der Waals surface area contributed by atoms with Gasteiger partial charge in [-0.25, -0.2) is 9.59 Å². The first-order chi connectivity index (χ1) is 12.3. The van der Waals surface area contributed by atoms with Gasteiger partial charge in [0.1, 0.15) is 0 Å². The number of ether oxygens (including phenoxy) is 4. The summed E-state index contributed by atoms with van der Waals surface area (Å²) in [5, 5.41) is 10.5. The minimum atomic E-state index is -2.43. The van der Waals surface area contributed by atoms with Crippen molar-refractivity contribution in [3.05, 3.63) is 0 Å². The quantitative estimate of drug-likeness (QED) is 0.283. The summed E-state index contributed by atoms with van der Waals surface area (Å²) in [4.78, 5) is 46.8. The van der Waals surface area contributed by atoms with E-state index in [2.05, 4.69) is 9.47 Å². The number of methoxy groups -OCH3 is 1. The molecule has 0 radical (unpaired) electrons. The van der Waals surface area contributed by atoms with Crippen molar-refractivity contribution in [2.75, 3.05) is 26.9 Å². The van der Waals surface area contributed by atoms with Crippen molar-refractivity contribution < 1.29 is 43.2 Å². The summed E-state index contributed by atoms with van der Waals surface area (Å²) in [7, 11) is 1.11. The predicted octanol–water partition coefficient (Wildman–Crippen LogP) is 0.900. The highest BCUT2D eigenvalue weighted by Crippen LogP contribution is 2.20. The molecule has 0 aliphatic carbocycles. The molecule has 0 saturated carbocycles. The van der Waals surface area contributed by atoms with Crippen molar-refractivity contribution in [3.8, 4) is 0 Å². The maximum Gasteiger partial charge on any atom is 0.344 e. The normalized spacial score (nSPS) is 12.6. The molecule has 9 heteroatoms. The van der Waals surface area contributed by atoms with E-state index in [4.69, 9.17) is 9.47 Å². The largest absolute Gasteiger partial charge is 0.466 e. The Morgan fingerprint density at radius 1 is 0.808 bits per heavy atom. The predicted molar refractivity (Wildman–Crippen MR) is 88.9 cm³/mol. The maximum atomic E-state index is 12.2.